The van der Waals surface area contributed by atoms with Crippen LogP contribution in [-0.4, -0.2) is 45.2 Å². The van der Waals surface area contributed by atoms with Crippen molar-refractivity contribution in [3.63, 3.8) is 0 Å². The molecule has 29 heavy (non-hydrogen) atoms. The van der Waals surface area contributed by atoms with Crippen LogP contribution in [0.25, 0.3) is 22.6 Å². The summed E-state index contributed by atoms with van der Waals surface area (Å²) in [7, 11) is -4.72. The molecule has 0 aliphatic carbocycles. The normalized spacial score (nSPS) is 12.9. The van der Waals surface area contributed by atoms with E-state index in [-0.39, 0.29) is 11.5 Å². The first-order chi connectivity index (χ1) is 13.6. The van der Waals surface area contributed by atoms with Crippen LogP contribution in [0.5, 0.6) is 0 Å². The summed E-state index contributed by atoms with van der Waals surface area (Å²) in [5.74, 6) is -0.509. The average Bonchev–Trinajstić information content (AvgIpc) is 3.06. The van der Waals surface area contributed by atoms with Crippen molar-refractivity contribution in [3.8, 4) is 11.5 Å². The van der Waals surface area contributed by atoms with Crippen LogP contribution in [0.2, 0.25) is 10.0 Å². The number of phosphoric ester groups is 1. The first-order valence-electron chi connectivity index (χ1n) is 8.03. The monoisotopic (exact) mass is 461 g/mol. The summed E-state index contributed by atoms with van der Waals surface area (Å²) in [5.41, 5.74) is 1.50. The third kappa shape index (κ3) is 6.01. The number of nitrogens with zero attached hydrogens (tertiary/aromatic N) is 1. The Kier molecular flexibility index (Phi) is 6.60. The van der Waals surface area contributed by atoms with Crippen LogP contribution in [0.1, 0.15) is 10.4 Å². The maximum absolute atomic E-state index is 12.1. The molecule has 0 aliphatic rings. The lowest BCUT2D eigenvalue weighted by molar-refractivity contribution is 0.00908. The molecule has 0 saturated heterocycles. The molecule has 1 heterocycles. The number of carbonyl (C=O) groups is 1. The number of rotatable bonds is 7. The van der Waals surface area contributed by atoms with Crippen molar-refractivity contribution in [1.29, 1.82) is 0 Å². The Balaban J connectivity index is 1.71. The van der Waals surface area contributed by atoms with Gasteiger partial charge in [-0.2, -0.15) is 0 Å². The number of halogens is 2. The highest BCUT2D eigenvalue weighted by molar-refractivity contribution is 7.46. The maximum Gasteiger partial charge on any atom is 0.469 e. The van der Waals surface area contributed by atoms with Gasteiger partial charge < -0.3 is 24.0 Å². The standard InChI is InChI=1S/C17H14Cl2NO8P/c18-11-3-10(4-12(19)6-11)16-20-14-2-1-9(5-15(14)28-16)17(22)26-7-13(21)8-27-29(23,24)25/h1-6,13,21H,7-8H2,(H2,23,24,25). The Morgan fingerprint density at radius 2 is 1.83 bits per heavy atom. The molecule has 3 aromatic rings. The second kappa shape index (κ2) is 8.81. The summed E-state index contributed by atoms with van der Waals surface area (Å²) in [6, 6.07) is 9.27. The molecule has 0 spiro atoms. The number of oxazole rings is 1. The Bertz CT molecular complexity index is 1080. The fraction of sp³-hybridized carbons (Fsp3) is 0.176. The molecule has 12 heteroatoms. The molecule has 1 atom stereocenters. The first-order valence-corrected chi connectivity index (χ1v) is 10.3. The van der Waals surface area contributed by atoms with Gasteiger partial charge in [0.1, 0.15) is 18.2 Å². The van der Waals surface area contributed by atoms with Crippen LogP contribution in [0.15, 0.2) is 40.8 Å². The van der Waals surface area contributed by atoms with Crippen LogP contribution in [0, 0.1) is 0 Å². The zero-order chi connectivity index (χ0) is 21.2. The molecule has 0 fully saturated rings. The summed E-state index contributed by atoms with van der Waals surface area (Å²) in [4.78, 5) is 33.6. The number of esters is 1. The van der Waals surface area contributed by atoms with Gasteiger partial charge in [-0.25, -0.2) is 14.3 Å². The van der Waals surface area contributed by atoms with Gasteiger partial charge in [-0.3, -0.25) is 4.52 Å². The first kappa shape index (κ1) is 21.7. The molecule has 1 aromatic heterocycles. The zero-order valence-electron chi connectivity index (χ0n) is 14.5. The average molecular weight is 462 g/mol. The molecule has 9 nitrogen and oxygen atoms in total. The lowest BCUT2D eigenvalue weighted by Gasteiger charge is -2.12. The van der Waals surface area contributed by atoms with Crippen molar-refractivity contribution in [2.24, 2.45) is 0 Å². The highest BCUT2D eigenvalue weighted by atomic mass is 35.5. The van der Waals surface area contributed by atoms with Gasteiger partial charge in [-0.15, -0.1) is 0 Å². The van der Waals surface area contributed by atoms with Crippen LogP contribution < -0.4 is 0 Å². The van der Waals surface area contributed by atoms with Crippen molar-refractivity contribution < 1.29 is 37.9 Å². The van der Waals surface area contributed by atoms with Gasteiger partial charge in [0, 0.05) is 15.6 Å². The van der Waals surface area contributed by atoms with E-state index in [0.29, 0.717) is 26.7 Å². The molecule has 1 unspecified atom stereocenters. The lowest BCUT2D eigenvalue weighted by Crippen LogP contribution is -2.23. The number of phosphoric acid groups is 1. The smallest absolute Gasteiger partial charge is 0.459 e. The molecule has 0 bridgehead atoms. The minimum absolute atomic E-state index is 0.132. The number of benzene rings is 2. The van der Waals surface area contributed by atoms with E-state index in [0.717, 1.165) is 0 Å². The minimum Gasteiger partial charge on any atom is -0.459 e. The molecule has 3 rings (SSSR count). The Labute approximate surface area is 174 Å². The minimum atomic E-state index is -4.72. The van der Waals surface area contributed by atoms with Crippen LogP contribution in [0.3, 0.4) is 0 Å². The van der Waals surface area contributed by atoms with E-state index in [1.165, 1.54) is 12.1 Å². The molecular formula is C17H14Cl2NO8P. The predicted molar refractivity (Wildman–Crippen MR) is 104 cm³/mol. The Morgan fingerprint density at radius 1 is 1.14 bits per heavy atom. The molecule has 3 N–H and O–H groups in total. The lowest BCUT2D eigenvalue weighted by atomic mass is 10.2. The van der Waals surface area contributed by atoms with Crippen molar-refractivity contribution >= 4 is 48.1 Å². The number of hydrogen-bond donors (Lipinski definition) is 3. The summed E-state index contributed by atoms with van der Waals surface area (Å²) < 4.78 is 25.3. The highest BCUT2D eigenvalue weighted by Crippen LogP contribution is 2.35. The quantitative estimate of drug-likeness (QED) is 0.356. The summed E-state index contributed by atoms with van der Waals surface area (Å²) in [6.45, 7) is -1.20. The number of aromatic nitrogens is 1. The Morgan fingerprint density at radius 3 is 2.48 bits per heavy atom. The van der Waals surface area contributed by atoms with Crippen LogP contribution >= 0.6 is 31.0 Å². The predicted octanol–water partition coefficient (Wildman–Crippen LogP) is 3.43. The largest absolute Gasteiger partial charge is 0.469 e. The van der Waals surface area contributed by atoms with Crippen molar-refractivity contribution in [3.05, 3.63) is 52.0 Å². The van der Waals surface area contributed by atoms with E-state index in [1.54, 1.807) is 24.3 Å². The van der Waals surface area contributed by atoms with Crippen LogP contribution in [-0.2, 0) is 13.8 Å². The number of aliphatic hydroxyl groups excluding tert-OH is 1. The fourth-order valence-corrected chi connectivity index (χ4v) is 3.23. The van der Waals surface area contributed by atoms with Gasteiger partial charge in [0.05, 0.1) is 12.2 Å². The number of ether oxygens (including phenoxy) is 1. The van der Waals surface area contributed by atoms with Gasteiger partial charge in [0.15, 0.2) is 5.58 Å². The maximum atomic E-state index is 12.1. The number of aliphatic hydroxyl groups is 1. The van der Waals surface area contributed by atoms with E-state index in [9.17, 15) is 14.5 Å². The van der Waals surface area contributed by atoms with Crippen molar-refractivity contribution in [2.75, 3.05) is 13.2 Å². The van der Waals surface area contributed by atoms with E-state index in [4.69, 9.17) is 42.1 Å². The number of carbonyl (C=O) groups excluding carboxylic acids is 1. The highest BCUT2D eigenvalue weighted by Gasteiger charge is 2.19. The van der Waals surface area contributed by atoms with Gasteiger partial charge in [-0.05, 0) is 36.4 Å². The van der Waals surface area contributed by atoms with E-state index in [1.807, 2.05) is 0 Å². The molecule has 0 saturated carbocycles. The molecule has 0 amide bonds. The summed E-state index contributed by atoms with van der Waals surface area (Å²) >= 11 is 12.0. The Hall–Kier alpha value is -1.97. The second-order valence-corrected chi connectivity index (χ2v) is 8.01. The van der Waals surface area contributed by atoms with Gasteiger partial charge in [-0.1, -0.05) is 23.2 Å². The SMILES string of the molecule is O=C(OCC(O)COP(=O)(O)O)c1ccc2nc(-c3cc(Cl)cc(Cl)c3)oc2c1. The molecule has 0 aliphatic heterocycles. The van der Waals surface area contributed by atoms with Gasteiger partial charge >= 0.3 is 13.8 Å². The molecule has 2 aromatic carbocycles. The third-order valence-electron chi connectivity index (χ3n) is 3.58. The van der Waals surface area contributed by atoms with E-state index < -0.39 is 33.1 Å². The van der Waals surface area contributed by atoms with Crippen molar-refractivity contribution in [2.45, 2.75) is 6.10 Å². The number of hydrogen-bond acceptors (Lipinski definition) is 7. The third-order valence-corrected chi connectivity index (χ3v) is 4.50. The van der Waals surface area contributed by atoms with Gasteiger partial charge in [0.25, 0.3) is 0 Å². The number of fused-ring (bicyclic) bond motifs is 1. The van der Waals surface area contributed by atoms with E-state index in [2.05, 4.69) is 9.51 Å². The van der Waals surface area contributed by atoms with E-state index >= 15 is 0 Å². The topological polar surface area (TPSA) is 139 Å². The summed E-state index contributed by atoms with van der Waals surface area (Å²) in [6.07, 6.45) is -1.40. The van der Waals surface area contributed by atoms with Gasteiger partial charge in [0.2, 0.25) is 5.89 Å². The van der Waals surface area contributed by atoms with Crippen LogP contribution in [0.4, 0.5) is 0 Å². The fourth-order valence-electron chi connectivity index (χ4n) is 2.34. The van der Waals surface area contributed by atoms with Crippen molar-refractivity contribution in [1.82, 2.24) is 4.98 Å². The summed E-state index contributed by atoms with van der Waals surface area (Å²) in [5, 5.41) is 10.4. The molecule has 154 valence electrons. The zero-order valence-corrected chi connectivity index (χ0v) is 16.9. The molecular weight excluding hydrogens is 448 g/mol. The molecule has 0 radical (unpaired) electrons. The second-order valence-electron chi connectivity index (χ2n) is 5.90.